The van der Waals surface area contributed by atoms with Crippen molar-refractivity contribution in [2.24, 2.45) is 5.92 Å². The van der Waals surface area contributed by atoms with Crippen LogP contribution in [0.15, 0.2) is 18.2 Å². The van der Waals surface area contributed by atoms with Crippen molar-refractivity contribution in [1.29, 1.82) is 0 Å². The van der Waals surface area contributed by atoms with Crippen molar-refractivity contribution < 1.29 is 4.79 Å². The van der Waals surface area contributed by atoms with Crippen molar-refractivity contribution in [3.8, 4) is 0 Å². The smallest absolute Gasteiger partial charge is 0.224 e. The van der Waals surface area contributed by atoms with Crippen molar-refractivity contribution in [3.63, 3.8) is 0 Å². The number of carbonyl (C=O) groups excluding carboxylic acids is 1. The van der Waals surface area contributed by atoms with Crippen LogP contribution in [0, 0.1) is 5.92 Å². The maximum atomic E-state index is 11.9. The molecule has 3 nitrogen and oxygen atoms in total. The highest BCUT2D eigenvalue weighted by molar-refractivity contribution is 6.35. The molecule has 1 saturated heterocycles. The Bertz CT molecular complexity index is 425. The summed E-state index contributed by atoms with van der Waals surface area (Å²) in [4.78, 5) is 11.9. The minimum Gasteiger partial charge on any atom is -0.355 e. The van der Waals surface area contributed by atoms with E-state index in [-0.39, 0.29) is 11.8 Å². The topological polar surface area (TPSA) is 41.1 Å². The van der Waals surface area contributed by atoms with Crippen LogP contribution in [-0.2, 0) is 11.2 Å². The Kier molecular flexibility index (Phi) is 5.49. The summed E-state index contributed by atoms with van der Waals surface area (Å²) in [5.41, 5.74) is 0.896. The van der Waals surface area contributed by atoms with Gasteiger partial charge in [0.25, 0.3) is 0 Å². The van der Waals surface area contributed by atoms with Gasteiger partial charge in [-0.15, -0.1) is 0 Å². The fraction of sp³-hybridized carbons (Fsp3) is 0.500. The first-order chi connectivity index (χ1) is 9.18. The summed E-state index contributed by atoms with van der Waals surface area (Å²) >= 11 is 12.2. The lowest BCUT2D eigenvalue weighted by molar-refractivity contribution is -0.125. The van der Waals surface area contributed by atoms with Crippen LogP contribution in [0.2, 0.25) is 10.0 Å². The molecule has 1 aliphatic rings. The van der Waals surface area contributed by atoms with Crippen LogP contribution < -0.4 is 10.6 Å². The monoisotopic (exact) mass is 300 g/mol. The molecule has 0 aromatic heterocycles. The van der Waals surface area contributed by atoms with Crippen LogP contribution in [0.1, 0.15) is 18.4 Å². The van der Waals surface area contributed by atoms with Gasteiger partial charge in [-0.2, -0.15) is 0 Å². The van der Waals surface area contributed by atoms with E-state index in [1.54, 1.807) is 0 Å². The molecule has 1 aromatic carbocycles. The van der Waals surface area contributed by atoms with Crippen molar-refractivity contribution in [2.45, 2.75) is 19.3 Å². The second-order valence-corrected chi connectivity index (χ2v) is 5.60. The molecule has 2 rings (SSSR count). The summed E-state index contributed by atoms with van der Waals surface area (Å²) in [7, 11) is 0. The SMILES string of the molecule is O=C(NCCc1c(Cl)cccc1Cl)C1CCCNC1. The minimum atomic E-state index is 0.0930. The maximum Gasteiger partial charge on any atom is 0.224 e. The van der Waals surface area contributed by atoms with Crippen LogP contribution in [0.5, 0.6) is 0 Å². The molecular formula is C14H18Cl2N2O. The number of amides is 1. The predicted octanol–water partition coefficient (Wildman–Crippen LogP) is 2.65. The Labute approximate surface area is 123 Å². The third-order valence-electron chi connectivity index (χ3n) is 3.40. The molecule has 1 unspecified atom stereocenters. The van der Waals surface area contributed by atoms with E-state index < -0.39 is 0 Å². The van der Waals surface area contributed by atoms with Crippen LogP contribution >= 0.6 is 23.2 Å². The molecule has 5 heteroatoms. The largest absolute Gasteiger partial charge is 0.355 e. The number of piperidine rings is 1. The van der Waals surface area contributed by atoms with E-state index in [0.717, 1.165) is 31.5 Å². The van der Waals surface area contributed by atoms with E-state index in [9.17, 15) is 4.79 Å². The average Bonchev–Trinajstić information content (AvgIpc) is 2.43. The summed E-state index contributed by atoms with van der Waals surface area (Å²) in [6.45, 7) is 2.36. The molecule has 2 N–H and O–H groups in total. The van der Waals surface area contributed by atoms with Gasteiger partial charge in [0.1, 0.15) is 0 Å². The Balaban J connectivity index is 1.81. The van der Waals surface area contributed by atoms with E-state index in [1.165, 1.54) is 0 Å². The fourth-order valence-corrected chi connectivity index (χ4v) is 2.89. The zero-order valence-electron chi connectivity index (χ0n) is 10.7. The molecule has 1 amide bonds. The number of halogens is 2. The molecule has 0 spiro atoms. The van der Waals surface area contributed by atoms with Gasteiger partial charge < -0.3 is 10.6 Å². The normalized spacial score (nSPS) is 19.2. The lowest BCUT2D eigenvalue weighted by Gasteiger charge is -2.22. The summed E-state index contributed by atoms with van der Waals surface area (Å²) in [5, 5.41) is 7.51. The van der Waals surface area contributed by atoms with Crippen LogP contribution in [0.4, 0.5) is 0 Å². The highest BCUT2D eigenvalue weighted by Crippen LogP contribution is 2.24. The molecule has 1 aliphatic heterocycles. The predicted molar refractivity (Wildman–Crippen MR) is 78.8 cm³/mol. The molecular weight excluding hydrogens is 283 g/mol. The molecule has 0 aliphatic carbocycles. The molecule has 1 aromatic rings. The van der Waals surface area contributed by atoms with Gasteiger partial charge in [-0.3, -0.25) is 4.79 Å². The highest BCUT2D eigenvalue weighted by Gasteiger charge is 2.20. The van der Waals surface area contributed by atoms with E-state index >= 15 is 0 Å². The first-order valence-corrected chi connectivity index (χ1v) is 7.35. The fourth-order valence-electron chi connectivity index (χ4n) is 2.30. The van der Waals surface area contributed by atoms with Gasteiger partial charge in [0.05, 0.1) is 5.92 Å². The zero-order valence-corrected chi connectivity index (χ0v) is 12.2. The van der Waals surface area contributed by atoms with Crippen molar-refractivity contribution in [3.05, 3.63) is 33.8 Å². The number of carbonyl (C=O) groups is 1. The Hall–Kier alpha value is -0.770. The van der Waals surface area contributed by atoms with Crippen molar-refractivity contribution >= 4 is 29.1 Å². The summed E-state index contributed by atoms with van der Waals surface area (Å²) < 4.78 is 0. The van der Waals surface area contributed by atoms with Gasteiger partial charge in [-0.05, 0) is 43.5 Å². The molecule has 0 radical (unpaired) electrons. The second-order valence-electron chi connectivity index (χ2n) is 4.78. The van der Waals surface area contributed by atoms with Crippen molar-refractivity contribution in [1.82, 2.24) is 10.6 Å². The van der Waals surface area contributed by atoms with Gasteiger partial charge in [-0.25, -0.2) is 0 Å². The van der Waals surface area contributed by atoms with E-state index in [0.29, 0.717) is 23.0 Å². The molecule has 19 heavy (non-hydrogen) atoms. The second kappa shape index (κ2) is 7.13. The molecule has 104 valence electrons. The Morgan fingerprint density at radius 1 is 1.37 bits per heavy atom. The third kappa shape index (κ3) is 4.10. The summed E-state index contributed by atoms with van der Waals surface area (Å²) in [6.07, 6.45) is 2.69. The number of nitrogens with one attached hydrogen (secondary N) is 2. The van der Waals surface area contributed by atoms with Crippen LogP contribution in [0.25, 0.3) is 0 Å². The minimum absolute atomic E-state index is 0.0930. The van der Waals surface area contributed by atoms with Crippen LogP contribution in [0.3, 0.4) is 0 Å². The first-order valence-electron chi connectivity index (χ1n) is 6.60. The number of hydrogen-bond acceptors (Lipinski definition) is 2. The highest BCUT2D eigenvalue weighted by atomic mass is 35.5. The zero-order chi connectivity index (χ0) is 13.7. The quantitative estimate of drug-likeness (QED) is 0.897. The molecule has 1 heterocycles. The third-order valence-corrected chi connectivity index (χ3v) is 4.11. The van der Waals surface area contributed by atoms with E-state index in [4.69, 9.17) is 23.2 Å². The summed E-state index contributed by atoms with van der Waals surface area (Å²) in [5.74, 6) is 0.214. The van der Waals surface area contributed by atoms with Gasteiger partial charge in [-0.1, -0.05) is 29.3 Å². The Morgan fingerprint density at radius 2 is 2.11 bits per heavy atom. The van der Waals surface area contributed by atoms with E-state index in [2.05, 4.69) is 10.6 Å². The molecule has 1 atom stereocenters. The summed E-state index contributed by atoms with van der Waals surface area (Å²) in [6, 6.07) is 5.45. The molecule has 0 saturated carbocycles. The average molecular weight is 301 g/mol. The maximum absolute atomic E-state index is 11.9. The van der Waals surface area contributed by atoms with Gasteiger partial charge in [0.15, 0.2) is 0 Å². The first kappa shape index (κ1) is 14.6. The van der Waals surface area contributed by atoms with Gasteiger partial charge >= 0.3 is 0 Å². The lowest BCUT2D eigenvalue weighted by Crippen LogP contribution is -2.41. The van der Waals surface area contributed by atoms with Gasteiger partial charge in [0, 0.05) is 23.1 Å². The number of rotatable bonds is 4. The lowest BCUT2D eigenvalue weighted by atomic mass is 9.99. The van der Waals surface area contributed by atoms with Crippen molar-refractivity contribution in [2.75, 3.05) is 19.6 Å². The van der Waals surface area contributed by atoms with Gasteiger partial charge in [0.2, 0.25) is 5.91 Å². The standard InChI is InChI=1S/C14H18Cl2N2O/c15-12-4-1-5-13(16)11(12)6-8-18-14(19)10-3-2-7-17-9-10/h1,4-5,10,17H,2-3,6-9H2,(H,18,19). The van der Waals surface area contributed by atoms with E-state index in [1.807, 2.05) is 18.2 Å². The number of benzene rings is 1. The molecule has 1 fully saturated rings. The number of hydrogen-bond donors (Lipinski definition) is 2. The Morgan fingerprint density at radius 3 is 2.74 bits per heavy atom. The van der Waals surface area contributed by atoms with Crippen LogP contribution in [-0.4, -0.2) is 25.5 Å². The molecule has 0 bridgehead atoms.